The van der Waals surface area contributed by atoms with Crippen molar-refractivity contribution >= 4 is 57.5 Å². The smallest absolute Gasteiger partial charge is 0.323 e. The Kier molecular flexibility index (Phi) is 12.9. The van der Waals surface area contributed by atoms with Gasteiger partial charge >= 0.3 is 11.1 Å². The second-order valence-electron chi connectivity index (χ2n) is 15.0. The lowest BCUT2D eigenvalue weighted by Gasteiger charge is -2.38. The molecule has 0 N–H and O–H groups in total. The van der Waals surface area contributed by atoms with Crippen LogP contribution in [0.2, 0.25) is 20.1 Å². The van der Waals surface area contributed by atoms with Gasteiger partial charge in [-0.05, 0) is 74.2 Å². The molecule has 2 aliphatic carbocycles. The van der Waals surface area contributed by atoms with Crippen LogP contribution in [-0.2, 0) is 34.8 Å². The van der Waals surface area contributed by atoms with Gasteiger partial charge in [0.2, 0.25) is 0 Å². The van der Waals surface area contributed by atoms with E-state index in [9.17, 15) is 20.2 Å². The standard InChI is InChI=1S/C46H40Cl4N2O9/c47-35-17-5-1-13-31(35)41-39(21-23-45(51(53)54,33-15-3-7-19-37(33)49)43(41)59-27-29-11-9-25-57-29)61-40-22-24-46(52(55)56,34-16-4-8-20-38(34)50)44(60-28-30-12-10-26-58-30)42(40)32-14-2-6-18-36(32)48/h1-8,13-24,29-30,39-40H,9-12,25-28H2. The van der Waals surface area contributed by atoms with Gasteiger partial charge in [0.05, 0.1) is 33.4 Å². The third-order valence-electron chi connectivity index (χ3n) is 11.4. The molecular weight excluding hydrogens is 866 g/mol. The molecule has 6 unspecified atom stereocenters. The lowest BCUT2D eigenvalue weighted by molar-refractivity contribution is -0.557. The average molecular weight is 907 g/mol. The minimum Gasteiger partial charge on any atom is -0.487 e. The summed E-state index contributed by atoms with van der Waals surface area (Å²) in [6.07, 6.45) is 6.06. The monoisotopic (exact) mass is 904 g/mol. The van der Waals surface area contributed by atoms with E-state index in [1.807, 2.05) is 0 Å². The number of benzene rings is 4. The summed E-state index contributed by atoms with van der Waals surface area (Å²) in [5.41, 5.74) is -2.68. The molecule has 15 heteroatoms. The highest BCUT2D eigenvalue weighted by Crippen LogP contribution is 2.51. The van der Waals surface area contributed by atoms with Crippen molar-refractivity contribution in [3.05, 3.63) is 195 Å². The van der Waals surface area contributed by atoms with Gasteiger partial charge in [0.15, 0.2) is 11.5 Å². The number of rotatable bonds is 14. The molecule has 0 spiro atoms. The number of hydrogen-bond acceptors (Lipinski definition) is 9. The number of nitro groups is 2. The molecule has 0 amide bonds. The van der Waals surface area contributed by atoms with Gasteiger partial charge in [-0.1, -0.05) is 107 Å². The molecule has 2 saturated heterocycles. The van der Waals surface area contributed by atoms with E-state index in [0.29, 0.717) is 37.2 Å². The molecule has 4 aromatic carbocycles. The van der Waals surface area contributed by atoms with Crippen molar-refractivity contribution < 1.29 is 33.5 Å². The third kappa shape index (κ3) is 8.09. The Morgan fingerprint density at radius 1 is 0.574 bits per heavy atom. The van der Waals surface area contributed by atoms with Crippen LogP contribution in [0.4, 0.5) is 0 Å². The van der Waals surface area contributed by atoms with Crippen molar-refractivity contribution in [2.75, 3.05) is 26.4 Å². The van der Waals surface area contributed by atoms with Crippen LogP contribution < -0.4 is 0 Å². The highest BCUT2D eigenvalue weighted by atomic mass is 35.5. The Morgan fingerprint density at radius 3 is 1.30 bits per heavy atom. The Bertz CT molecular complexity index is 2280. The zero-order valence-corrected chi connectivity index (χ0v) is 35.6. The summed E-state index contributed by atoms with van der Waals surface area (Å²) in [4.78, 5) is 26.6. The predicted octanol–water partition coefficient (Wildman–Crippen LogP) is 11.1. The largest absolute Gasteiger partial charge is 0.487 e. The van der Waals surface area contributed by atoms with Crippen LogP contribution in [0, 0.1) is 20.2 Å². The zero-order valence-electron chi connectivity index (χ0n) is 32.6. The van der Waals surface area contributed by atoms with E-state index in [1.54, 1.807) is 109 Å². The molecule has 0 bridgehead atoms. The lowest BCUT2D eigenvalue weighted by atomic mass is 9.77. The van der Waals surface area contributed by atoms with Gasteiger partial charge in [-0.25, -0.2) is 0 Å². The summed E-state index contributed by atoms with van der Waals surface area (Å²) >= 11 is 27.6. The maximum atomic E-state index is 13.7. The molecule has 0 radical (unpaired) electrons. The highest BCUT2D eigenvalue weighted by Gasteiger charge is 2.57. The summed E-state index contributed by atoms with van der Waals surface area (Å²) in [7, 11) is 0. The van der Waals surface area contributed by atoms with Crippen LogP contribution in [-0.4, -0.2) is 60.7 Å². The molecule has 11 nitrogen and oxygen atoms in total. The van der Waals surface area contributed by atoms with Crippen molar-refractivity contribution in [2.45, 2.75) is 61.2 Å². The molecule has 2 fully saturated rings. The highest BCUT2D eigenvalue weighted by molar-refractivity contribution is 6.33. The minimum atomic E-state index is -2.14. The lowest BCUT2D eigenvalue weighted by Crippen LogP contribution is -2.44. The first kappa shape index (κ1) is 42.9. The van der Waals surface area contributed by atoms with Crippen molar-refractivity contribution in [3.8, 4) is 0 Å². The third-order valence-corrected chi connectivity index (χ3v) is 12.7. The zero-order chi connectivity index (χ0) is 42.7. The van der Waals surface area contributed by atoms with Crippen LogP contribution in [0.15, 0.2) is 133 Å². The van der Waals surface area contributed by atoms with Gasteiger partial charge in [-0.2, -0.15) is 0 Å². The van der Waals surface area contributed by atoms with Crippen LogP contribution in [0.3, 0.4) is 0 Å². The Morgan fingerprint density at radius 2 is 0.951 bits per heavy atom. The molecule has 8 rings (SSSR count). The number of nitrogens with zero attached hydrogens (tertiary/aromatic N) is 2. The van der Waals surface area contributed by atoms with Gasteiger partial charge < -0.3 is 23.7 Å². The first-order chi connectivity index (χ1) is 29.6. The number of ether oxygens (including phenoxy) is 5. The fraction of sp³-hybridized carbons (Fsp3) is 0.304. The molecule has 2 heterocycles. The molecule has 6 atom stereocenters. The van der Waals surface area contributed by atoms with Gasteiger partial charge in [0, 0.05) is 67.5 Å². The van der Waals surface area contributed by atoms with Crippen molar-refractivity contribution in [1.82, 2.24) is 0 Å². The molecule has 0 saturated carbocycles. The molecule has 2 aliphatic heterocycles. The van der Waals surface area contributed by atoms with Gasteiger partial charge in [-0.15, -0.1) is 0 Å². The maximum absolute atomic E-state index is 13.7. The van der Waals surface area contributed by atoms with Crippen LogP contribution in [0.1, 0.15) is 47.9 Å². The van der Waals surface area contributed by atoms with Gasteiger partial charge in [0.25, 0.3) is 0 Å². The first-order valence-corrected chi connectivity index (χ1v) is 21.4. The second-order valence-corrected chi connectivity index (χ2v) is 16.7. The molecule has 316 valence electrons. The molecule has 4 aliphatic rings. The minimum absolute atomic E-state index is 0.0115. The summed E-state index contributed by atoms with van der Waals surface area (Å²) in [5, 5.41) is 28.3. The normalized spacial score (nSPS) is 26.2. The van der Waals surface area contributed by atoms with E-state index >= 15 is 0 Å². The second kappa shape index (κ2) is 18.3. The van der Waals surface area contributed by atoms with Crippen LogP contribution in [0.5, 0.6) is 0 Å². The fourth-order valence-electron chi connectivity index (χ4n) is 8.49. The topological polar surface area (TPSA) is 132 Å². The van der Waals surface area contributed by atoms with Gasteiger partial charge in [0.1, 0.15) is 25.4 Å². The van der Waals surface area contributed by atoms with E-state index in [4.69, 9.17) is 70.1 Å². The summed E-state index contributed by atoms with van der Waals surface area (Å²) in [6, 6.07) is 26.8. The van der Waals surface area contributed by atoms with Crippen molar-refractivity contribution in [1.29, 1.82) is 0 Å². The van der Waals surface area contributed by atoms with Crippen LogP contribution in [0.25, 0.3) is 11.1 Å². The molecule has 4 aromatic rings. The first-order valence-electron chi connectivity index (χ1n) is 19.9. The maximum Gasteiger partial charge on any atom is 0.323 e. The summed E-state index contributed by atoms with van der Waals surface area (Å²) in [5.74, 6) is -0.148. The van der Waals surface area contributed by atoms with Crippen molar-refractivity contribution in [2.24, 2.45) is 0 Å². The Hall–Kier alpha value is -4.72. The quantitative estimate of drug-likeness (QED) is 0.0689. The number of hydrogen-bond donors (Lipinski definition) is 0. The fourth-order valence-corrected chi connectivity index (χ4v) is 9.52. The SMILES string of the molecule is O=[N+]([O-])C1(c2ccccc2Cl)C=CC(OC2C=CC(c3ccccc3Cl)([N+](=O)[O-])C(OCC3CCCO3)=C2c2ccccc2Cl)C(c2ccccc2Cl)=C1OCC1CCCO1. The number of halogens is 4. The Labute approximate surface area is 372 Å². The van der Waals surface area contributed by atoms with Crippen molar-refractivity contribution in [3.63, 3.8) is 0 Å². The van der Waals surface area contributed by atoms with E-state index in [2.05, 4.69) is 0 Å². The Balaban J connectivity index is 1.36. The molecular formula is C46H40Cl4N2O9. The summed E-state index contributed by atoms with van der Waals surface area (Å²) in [6.45, 7) is 1.04. The van der Waals surface area contributed by atoms with E-state index < -0.39 is 33.1 Å². The predicted molar refractivity (Wildman–Crippen MR) is 234 cm³/mol. The van der Waals surface area contributed by atoms with Gasteiger partial charge in [-0.3, -0.25) is 20.2 Å². The molecule has 0 aromatic heterocycles. The van der Waals surface area contributed by atoms with E-state index in [1.165, 1.54) is 12.2 Å². The van der Waals surface area contributed by atoms with E-state index in [-0.39, 0.29) is 79.3 Å². The van der Waals surface area contributed by atoms with E-state index in [0.717, 1.165) is 12.8 Å². The molecule has 61 heavy (non-hydrogen) atoms. The van der Waals surface area contributed by atoms with Crippen LogP contribution >= 0.6 is 46.4 Å². The average Bonchev–Trinajstić information content (AvgIpc) is 3.99. The summed E-state index contributed by atoms with van der Waals surface area (Å²) < 4.78 is 32.2.